The minimum absolute atomic E-state index is 0.00360. The maximum absolute atomic E-state index is 11.4. The van der Waals surface area contributed by atoms with Gasteiger partial charge in [0.2, 0.25) is 0 Å². The number of methoxy groups -OCH3 is 1. The van der Waals surface area contributed by atoms with E-state index in [1.165, 1.54) is 30.0 Å². The highest BCUT2D eigenvalue weighted by Gasteiger charge is 2.14. The molecule has 1 heterocycles. The van der Waals surface area contributed by atoms with Crippen LogP contribution >= 0.6 is 0 Å². The van der Waals surface area contributed by atoms with Crippen molar-refractivity contribution in [3.63, 3.8) is 0 Å². The summed E-state index contributed by atoms with van der Waals surface area (Å²) in [7, 11) is 1.29. The number of aryl methyl sites for hydroxylation is 1. The number of nitrogens with one attached hydrogen (secondary N) is 1. The Morgan fingerprint density at radius 3 is 2.77 bits per heavy atom. The molecule has 0 spiro atoms. The van der Waals surface area contributed by atoms with Crippen LogP contribution in [0.5, 0.6) is 0 Å². The average molecular weight is 310 g/mol. The number of esters is 1. The molecule has 0 saturated carbocycles. The van der Waals surface area contributed by atoms with E-state index in [2.05, 4.69) is 16.6 Å². The van der Waals surface area contributed by atoms with Gasteiger partial charge >= 0.3 is 18.0 Å². The standard InChI is InChI=1S/C14H18N2O6/c1-3-7-22-14(20)15-10-8-11(13(18)19)16(9-10)6-4-5-12(17)21-2/h3,8-9H,1,4-7H2,2H3,(H,15,20)(H,18,19). The maximum Gasteiger partial charge on any atom is 0.411 e. The van der Waals surface area contributed by atoms with Gasteiger partial charge in [0.15, 0.2) is 0 Å². The molecule has 22 heavy (non-hydrogen) atoms. The van der Waals surface area contributed by atoms with Crippen molar-refractivity contribution in [2.45, 2.75) is 19.4 Å². The van der Waals surface area contributed by atoms with Crippen LogP contribution in [-0.4, -0.2) is 41.4 Å². The molecule has 0 aliphatic rings. The molecule has 0 aliphatic carbocycles. The first-order chi connectivity index (χ1) is 10.5. The van der Waals surface area contributed by atoms with Crippen molar-refractivity contribution in [2.75, 3.05) is 19.0 Å². The summed E-state index contributed by atoms with van der Waals surface area (Å²) >= 11 is 0. The zero-order valence-electron chi connectivity index (χ0n) is 12.2. The first-order valence-electron chi connectivity index (χ1n) is 6.53. The van der Waals surface area contributed by atoms with Crippen LogP contribution in [0.15, 0.2) is 24.9 Å². The Labute approximate surface area is 127 Å². The van der Waals surface area contributed by atoms with Crippen LogP contribution in [0.4, 0.5) is 10.5 Å². The molecule has 0 bridgehead atoms. The SMILES string of the molecule is C=CCOC(=O)Nc1cc(C(=O)O)n(CCCC(=O)OC)c1. The van der Waals surface area contributed by atoms with Crippen LogP contribution < -0.4 is 5.32 Å². The Balaban J connectivity index is 2.71. The monoisotopic (exact) mass is 310 g/mol. The van der Waals surface area contributed by atoms with Crippen LogP contribution in [0.25, 0.3) is 0 Å². The lowest BCUT2D eigenvalue weighted by Gasteiger charge is -2.05. The van der Waals surface area contributed by atoms with Gasteiger partial charge in [-0.2, -0.15) is 0 Å². The smallest absolute Gasteiger partial charge is 0.411 e. The van der Waals surface area contributed by atoms with Crippen LogP contribution in [-0.2, 0) is 20.8 Å². The molecule has 1 amide bonds. The number of aromatic nitrogens is 1. The van der Waals surface area contributed by atoms with Gasteiger partial charge in [-0.25, -0.2) is 9.59 Å². The highest BCUT2D eigenvalue weighted by molar-refractivity contribution is 5.90. The summed E-state index contributed by atoms with van der Waals surface area (Å²) in [4.78, 5) is 33.6. The summed E-state index contributed by atoms with van der Waals surface area (Å²) in [5, 5.41) is 11.6. The molecule has 120 valence electrons. The van der Waals surface area contributed by atoms with Crippen molar-refractivity contribution in [1.82, 2.24) is 4.57 Å². The normalized spacial score (nSPS) is 9.86. The van der Waals surface area contributed by atoms with E-state index in [9.17, 15) is 14.4 Å². The molecule has 1 rings (SSSR count). The summed E-state index contributed by atoms with van der Waals surface area (Å²) < 4.78 is 10.7. The summed E-state index contributed by atoms with van der Waals surface area (Å²) in [6, 6.07) is 1.32. The predicted molar refractivity (Wildman–Crippen MR) is 77.8 cm³/mol. The Hall–Kier alpha value is -2.77. The predicted octanol–water partition coefficient (Wildman–Crippen LogP) is 1.87. The van der Waals surface area contributed by atoms with E-state index in [4.69, 9.17) is 9.84 Å². The van der Waals surface area contributed by atoms with E-state index >= 15 is 0 Å². The Kier molecular flexibility index (Phi) is 6.68. The van der Waals surface area contributed by atoms with Crippen LogP contribution in [0.3, 0.4) is 0 Å². The zero-order chi connectivity index (χ0) is 16.5. The van der Waals surface area contributed by atoms with Crippen molar-refractivity contribution in [3.8, 4) is 0 Å². The number of amides is 1. The number of nitrogens with zero attached hydrogens (tertiary/aromatic N) is 1. The summed E-state index contributed by atoms with van der Waals surface area (Å²) in [6.45, 7) is 3.77. The number of hydrogen-bond donors (Lipinski definition) is 2. The largest absolute Gasteiger partial charge is 0.477 e. The topological polar surface area (TPSA) is 107 Å². The molecule has 8 nitrogen and oxygen atoms in total. The molecule has 0 fully saturated rings. The molecule has 0 unspecified atom stereocenters. The minimum Gasteiger partial charge on any atom is -0.477 e. The maximum atomic E-state index is 11.4. The zero-order valence-corrected chi connectivity index (χ0v) is 12.2. The summed E-state index contributed by atoms with van der Waals surface area (Å²) in [6.07, 6.45) is 2.78. The fourth-order valence-corrected chi connectivity index (χ4v) is 1.73. The molecule has 0 atom stereocenters. The third kappa shape index (κ3) is 5.31. The lowest BCUT2D eigenvalue weighted by atomic mass is 10.3. The van der Waals surface area contributed by atoms with E-state index in [0.717, 1.165) is 0 Å². The molecule has 1 aromatic heterocycles. The van der Waals surface area contributed by atoms with Crippen molar-refractivity contribution in [3.05, 3.63) is 30.6 Å². The summed E-state index contributed by atoms with van der Waals surface area (Å²) in [5.41, 5.74) is 0.299. The van der Waals surface area contributed by atoms with Crippen LogP contribution in [0.2, 0.25) is 0 Å². The Bertz CT molecular complexity index is 564. The molecular weight excluding hydrogens is 292 g/mol. The van der Waals surface area contributed by atoms with E-state index in [1.807, 2.05) is 0 Å². The van der Waals surface area contributed by atoms with Gasteiger partial charge in [0.25, 0.3) is 0 Å². The molecule has 0 saturated heterocycles. The molecule has 0 aromatic carbocycles. The van der Waals surface area contributed by atoms with E-state index < -0.39 is 12.1 Å². The fourth-order valence-electron chi connectivity index (χ4n) is 1.73. The second-order valence-corrected chi connectivity index (χ2v) is 4.30. The average Bonchev–Trinajstić information content (AvgIpc) is 2.87. The van der Waals surface area contributed by atoms with Crippen molar-refractivity contribution >= 4 is 23.7 Å². The highest BCUT2D eigenvalue weighted by Crippen LogP contribution is 2.16. The molecule has 0 radical (unpaired) electrons. The van der Waals surface area contributed by atoms with Gasteiger partial charge in [0, 0.05) is 19.2 Å². The van der Waals surface area contributed by atoms with Gasteiger partial charge in [0.1, 0.15) is 12.3 Å². The second-order valence-electron chi connectivity index (χ2n) is 4.30. The van der Waals surface area contributed by atoms with Crippen molar-refractivity contribution in [2.24, 2.45) is 0 Å². The number of aromatic carboxylic acids is 1. The first-order valence-corrected chi connectivity index (χ1v) is 6.53. The quantitative estimate of drug-likeness (QED) is 0.561. The number of carboxylic acid groups (broad SMARTS) is 1. The van der Waals surface area contributed by atoms with Gasteiger partial charge in [-0.05, 0) is 12.5 Å². The molecule has 1 aromatic rings. The van der Waals surface area contributed by atoms with Gasteiger partial charge in [-0.3, -0.25) is 10.1 Å². The molecular formula is C14H18N2O6. The fraction of sp³-hybridized carbons (Fsp3) is 0.357. The van der Waals surface area contributed by atoms with Gasteiger partial charge < -0.3 is 19.1 Å². The van der Waals surface area contributed by atoms with E-state index in [1.54, 1.807) is 0 Å². The molecule has 8 heteroatoms. The van der Waals surface area contributed by atoms with E-state index in [-0.39, 0.29) is 24.7 Å². The number of hydrogen-bond acceptors (Lipinski definition) is 5. The van der Waals surface area contributed by atoms with E-state index in [0.29, 0.717) is 18.7 Å². The Morgan fingerprint density at radius 1 is 1.45 bits per heavy atom. The van der Waals surface area contributed by atoms with Crippen molar-refractivity contribution < 1.29 is 29.0 Å². The minimum atomic E-state index is -1.13. The number of ether oxygens (including phenoxy) is 2. The van der Waals surface area contributed by atoms with Gasteiger partial charge in [-0.15, -0.1) is 0 Å². The molecule has 2 N–H and O–H groups in total. The van der Waals surface area contributed by atoms with Gasteiger partial charge in [-0.1, -0.05) is 12.7 Å². The second kappa shape index (κ2) is 8.50. The number of anilines is 1. The number of carboxylic acids is 1. The third-order valence-corrected chi connectivity index (χ3v) is 2.70. The first kappa shape index (κ1) is 17.3. The van der Waals surface area contributed by atoms with Crippen molar-refractivity contribution in [1.29, 1.82) is 0 Å². The highest BCUT2D eigenvalue weighted by atomic mass is 16.5. The van der Waals surface area contributed by atoms with Crippen LogP contribution in [0, 0.1) is 0 Å². The Morgan fingerprint density at radius 2 is 2.18 bits per heavy atom. The number of rotatable bonds is 8. The van der Waals surface area contributed by atoms with Gasteiger partial charge in [0.05, 0.1) is 12.8 Å². The lowest BCUT2D eigenvalue weighted by molar-refractivity contribution is -0.140. The number of carbonyl (C=O) groups excluding carboxylic acids is 2. The number of carbonyl (C=O) groups is 3. The van der Waals surface area contributed by atoms with Crippen LogP contribution in [0.1, 0.15) is 23.3 Å². The molecule has 0 aliphatic heterocycles. The summed E-state index contributed by atoms with van der Waals surface area (Å²) in [5.74, 6) is -1.50. The third-order valence-electron chi connectivity index (χ3n) is 2.70. The lowest BCUT2D eigenvalue weighted by Crippen LogP contribution is -2.13.